The lowest BCUT2D eigenvalue weighted by Gasteiger charge is -2.23. The van der Waals surface area contributed by atoms with Gasteiger partial charge in [0.1, 0.15) is 0 Å². The smallest absolute Gasteiger partial charge is 0.0837 e. The number of nitriles is 1. The molecule has 0 spiro atoms. The van der Waals surface area contributed by atoms with Gasteiger partial charge < -0.3 is 10.2 Å². The lowest BCUT2D eigenvalue weighted by molar-refractivity contribution is 0.252. The molecule has 1 aromatic rings. The quantitative estimate of drug-likeness (QED) is 0.729. The molecule has 0 aliphatic heterocycles. The van der Waals surface area contributed by atoms with Crippen LogP contribution in [0, 0.1) is 11.3 Å². The minimum Gasteiger partial charge on any atom is -0.314 e. The second kappa shape index (κ2) is 8.68. The summed E-state index contributed by atoms with van der Waals surface area (Å²) in [5, 5.41) is 12.6. The van der Waals surface area contributed by atoms with Crippen molar-refractivity contribution in [3.63, 3.8) is 0 Å². The Hall–Kier alpha value is -1.37. The molecule has 19 heavy (non-hydrogen) atoms. The number of hydrogen-bond donors (Lipinski definition) is 1. The summed E-state index contributed by atoms with van der Waals surface area (Å²) < 4.78 is 0. The van der Waals surface area contributed by atoms with Crippen molar-refractivity contribution in [2.24, 2.45) is 0 Å². The predicted molar refractivity (Wildman–Crippen MR) is 80.0 cm³/mol. The fraction of sp³-hybridized carbons (Fsp3) is 0.562. The van der Waals surface area contributed by atoms with E-state index >= 15 is 0 Å². The molecule has 2 atom stereocenters. The number of nitrogens with one attached hydrogen (secondary N) is 1. The van der Waals surface area contributed by atoms with Crippen LogP contribution >= 0.6 is 0 Å². The van der Waals surface area contributed by atoms with Crippen LogP contribution < -0.4 is 5.32 Å². The topological polar surface area (TPSA) is 39.1 Å². The molecule has 0 aliphatic rings. The van der Waals surface area contributed by atoms with Crippen LogP contribution in [0.1, 0.15) is 31.7 Å². The molecule has 2 unspecified atom stereocenters. The van der Waals surface area contributed by atoms with Crippen molar-refractivity contribution in [1.29, 1.82) is 5.26 Å². The van der Waals surface area contributed by atoms with Crippen LogP contribution in [0.4, 0.5) is 0 Å². The number of rotatable bonds is 8. The Morgan fingerprint density at radius 2 is 2.00 bits per heavy atom. The third-order valence-electron chi connectivity index (χ3n) is 3.69. The van der Waals surface area contributed by atoms with E-state index in [9.17, 15) is 5.26 Å². The standard InChI is InChI=1S/C16H25N3/c1-4-14(2)19(3)11-10-18-13-16(12-17)15-8-6-5-7-9-15/h5-9,14,16,18H,4,10-11,13H2,1-3H3. The normalized spacial score (nSPS) is 14.1. The fourth-order valence-corrected chi connectivity index (χ4v) is 1.96. The molecule has 1 rings (SSSR count). The first-order valence-electron chi connectivity index (χ1n) is 7.04. The zero-order valence-electron chi connectivity index (χ0n) is 12.3. The molecular weight excluding hydrogens is 234 g/mol. The second-order valence-corrected chi connectivity index (χ2v) is 5.03. The molecule has 0 aliphatic carbocycles. The molecule has 0 amide bonds. The Labute approximate surface area is 117 Å². The first-order chi connectivity index (χ1) is 9.19. The summed E-state index contributed by atoms with van der Waals surface area (Å²) in [7, 11) is 2.15. The van der Waals surface area contributed by atoms with Crippen molar-refractivity contribution in [1.82, 2.24) is 10.2 Å². The summed E-state index contributed by atoms with van der Waals surface area (Å²) in [4.78, 5) is 2.34. The Balaban J connectivity index is 2.30. The molecule has 0 aromatic heterocycles. The highest BCUT2D eigenvalue weighted by atomic mass is 15.1. The highest BCUT2D eigenvalue weighted by molar-refractivity contribution is 5.24. The highest BCUT2D eigenvalue weighted by Gasteiger charge is 2.10. The monoisotopic (exact) mass is 259 g/mol. The van der Waals surface area contributed by atoms with Crippen LogP contribution in [0.25, 0.3) is 0 Å². The van der Waals surface area contributed by atoms with E-state index in [2.05, 4.69) is 37.2 Å². The van der Waals surface area contributed by atoms with E-state index in [0.29, 0.717) is 6.04 Å². The van der Waals surface area contributed by atoms with Gasteiger partial charge in [0.05, 0.1) is 12.0 Å². The largest absolute Gasteiger partial charge is 0.314 e. The van der Waals surface area contributed by atoms with Crippen molar-refractivity contribution in [3.05, 3.63) is 35.9 Å². The van der Waals surface area contributed by atoms with E-state index in [0.717, 1.165) is 25.2 Å². The predicted octanol–water partition coefficient (Wildman–Crippen LogP) is 2.61. The molecule has 0 saturated carbocycles. The number of hydrogen-bond acceptors (Lipinski definition) is 3. The van der Waals surface area contributed by atoms with Gasteiger partial charge in [-0.3, -0.25) is 0 Å². The van der Waals surface area contributed by atoms with Gasteiger partial charge in [-0.15, -0.1) is 0 Å². The molecule has 0 fully saturated rings. The maximum atomic E-state index is 9.21. The van der Waals surface area contributed by atoms with Crippen LogP contribution in [-0.4, -0.2) is 37.6 Å². The van der Waals surface area contributed by atoms with Gasteiger partial charge in [0.25, 0.3) is 0 Å². The van der Waals surface area contributed by atoms with Crippen molar-refractivity contribution in [2.75, 3.05) is 26.7 Å². The van der Waals surface area contributed by atoms with E-state index in [1.54, 1.807) is 0 Å². The molecule has 1 aromatic carbocycles. The third kappa shape index (κ3) is 5.42. The van der Waals surface area contributed by atoms with E-state index in [-0.39, 0.29) is 5.92 Å². The van der Waals surface area contributed by atoms with Crippen molar-refractivity contribution in [2.45, 2.75) is 32.2 Å². The highest BCUT2D eigenvalue weighted by Crippen LogP contribution is 2.12. The molecular formula is C16H25N3. The number of nitrogens with zero attached hydrogens (tertiary/aromatic N) is 2. The van der Waals surface area contributed by atoms with Crippen molar-refractivity contribution >= 4 is 0 Å². The van der Waals surface area contributed by atoms with Crippen LogP contribution in [0.2, 0.25) is 0 Å². The number of benzene rings is 1. The van der Waals surface area contributed by atoms with Crippen LogP contribution in [-0.2, 0) is 0 Å². The van der Waals surface area contributed by atoms with E-state index in [1.807, 2.05) is 30.3 Å². The zero-order chi connectivity index (χ0) is 14.1. The Kier molecular flexibility index (Phi) is 7.17. The van der Waals surface area contributed by atoms with Gasteiger partial charge in [-0.2, -0.15) is 5.26 Å². The van der Waals surface area contributed by atoms with Gasteiger partial charge in [0.2, 0.25) is 0 Å². The maximum absolute atomic E-state index is 9.21. The molecule has 0 bridgehead atoms. The second-order valence-electron chi connectivity index (χ2n) is 5.03. The summed E-state index contributed by atoms with van der Waals surface area (Å²) in [6.07, 6.45) is 1.17. The molecule has 0 saturated heterocycles. The number of likely N-dealkylation sites (N-methyl/N-ethyl adjacent to an activating group) is 1. The molecule has 104 valence electrons. The fourth-order valence-electron chi connectivity index (χ4n) is 1.96. The first kappa shape index (κ1) is 15.7. The minimum absolute atomic E-state index is 0.0601. The van der Waals surface area contributed by atoms with Gasteiger partial charge in [-0.1, -0.05) is 37.3 Å². The molecule has 3 heteroatoms. The van der Waals surface area contributed by atoms with Gasteiger partial charge in [-0.25, -0.2) is 0 Å². The van der Waals surface area contributed by atoms with Gasteiger partial charge in [0.15, 0.2) is 0 Å². The third-order valence-corrected chi connectivity index (χ3v) is 3.69. The summed E-state index contributed by atoms with van der Waals surface area (Å²) in [5.74, 6) is -0.0601. The molecule has 3 nitrogen and oxygen atoms in total. The summed E-state index contributed by atoms with van der Waals surface area (Å²) >= 11 is 0. The van der Waals surface area contributed by atoms with E-state index < -0.39 is 0 Å². The lowest BCUT2D eigenvalue weighted by Crippen LogP contribution is -2.36. The maximum Gasteiger partial charge on any atom is 0.0837 e. The molecule has 0 heterocycles. The van der Waals surface area contributed by atoms with Crippen LogP contribution in [0.3, 0.4) is 0 Å². The van der Waals surface area contributed by atoms with Crippen molar-refractivity contribution in [3.8, 4) is 6.07 Å². The summed E-state index contributed by atoms with van der Waals surface area (Å²) in [6.45, 7) is 7.10. The summed E-state index contributed by atoms with van der Waals surface area (Å²) in [5.41, 5.74) is 1.09. The van der Waals surface area contributed by atoms with Crippen LogP contribution in [0.5, 0.6) is 0 Å². The van der Waals surface area contributed by atoms with Crippen LogP contribution in [0.15, 0.2) is 30.3 Å². The van der Waals surface area contributed by atoms with Gasteiger partial charge >= 0.3 is 0 Å². The summed E-state index contributed by atoms with van der Waals surface area (Å²) in [6, 6.07) is 13.0. The lowest BCUT2D eigenvalue weighted by atomic mass is 10.0. The Morgan fingerprint density at radius 3 is 2.58 bits per heavy atom. The Bertz CT molecular complexity index is 383. The first-order valence-corrected chi connectivity index (χ1v) is 7.04. The van der Waals surface area contributed by atoms with Gasteiger partial charge in [0, 0.05) is 25.7 Å². The van der Waals surface area contributed by atoms with Gasteiger partial charge in [-0.05, 0) is 26.0 Å². The van der Waals surface area contributed by atoms with Crippen molar-refractivity contribution < 1.29 is 0 Å². The van der Waals surface area contributed by atoms with E-state index in [1.165, 1.54) is 6.42 Å². The SMILES string of the molecule is CCC(C)N(C)CCNCC(C#N)c1ccccc1. The molecule has 0 radical (unpaired) electrons. The Morgan fingerprint density at radius 1 is 1.32 bits per heavy atom. The molecule has 1 N–H and O–H groups in total. The zero-order valence-corrected chi connectivity index (χ0v) is 12.3. The average molecular weight is 259 g/mol. The average Bonchev–Trinajstić information content (AvgIpc) is 2.47. The van der Waals surface area contributed by atoms with E-state index in [4.69, 9.17) is 0 Å². The minimum atomic E-state index is -0.0601.